The van der Waals surface area contributed by atoms with Gasteiger partial charge >= 0.3 is 0 Å². The minimum atomic E-state index is -0.480. The number of carbonyl (C=O) groups is 1. The van der Waals surface area contributed by atoms with E-state index in [2.05, 4.69) is 34.3 Å². The first kappa shape index (κ1) is 18.2. The molecule has 7 nitrogen and oxygen atoms in total. The van der Waals surface area contributed by atoms with Gasteiger partial charge in [0.1, 0.15) is 16.2 Å². The molecule has 1 N–H and O–H groups in total. The van der Waals surface area contributed by atoms with Gasteiger partial charge in [0.25, 0.3) is 5.91 Å². The van der Waals surface area contributed by atoms with E-state index in [0.717, 1.165) is 17.1 Å². The zero-order valence-electron chi connectivity index (χ0n) is 15.2. The second kappa shape index (κ2) is 7.33. The van der Waals surface area contributed by atoms with E-state index in [1.807, 2.05) is 18.4 Å². The van der Waals surface area contributed by atoms with Crippen molar-refractivity contribution >= 4 is 33.4 Å². The third-order valence-corrected chi connectivity index (χ3v) is 4.78. The molecule has 26 heavy (non-hydrogen) atoms. The maximum absolute atomic E-state index is 12.7. The van der Waals surface area contributed by atoms with Crippen molar-refractivity contribution in [2.45, 2.75) is 40.7 Å². The fourth-order valence-corrected chi connectivity index (χ4v) is 3.61. The number of fused-ring (bicyclic) bond motifs is 1. The topological polar surface area (TPSA) is 89.8 Å². The highest BCUT2D eigenvalue weighted by molar-refractivity contribution is 7.15. The van der Waals surface area contributed by atoms with Crippen molar-refractivity contribution in [3.05, 3.63) is 44.8 Å². The van der Waals surface area contributed by atoms with Crippen molar-refractivity contribution in [1.82, 2.24) is 19.7 Å². The molecule has 3 heterocycles. The lowest BCUT2D eigenvalue weighted by Gasteiger charge is -2.10. The zero-order valence-corrected chi connectivity index (χ0v) is 16.1. The molecule has 0 saturated carbocycles. The molecule has 1 amide bonds. The number of hydrogen-bond acceptors (Lipinski definition) is 6. The van der Waals surface area contributed by atoms with Crippen LogP contribution in [0, 0.1) is 12.8 Å². The van der Waals surface area contributed by atoms with E-state index >= 15 is 0 Å². The first-order chi connectivity index (χ1) is 12.4. The van der Waals surface area contributed by atoms with Crippen LogP contribution in [0.4, 0.5) is 5.13 Å². The number of nitrogens with one attached hydrogen (secondary N) is 1. The van der Waals surface area contributed by atoms with E-state index in [9.17, 15) is 9.59 Å². The first-order valence-corrected chi connectivity index (χ1v) is 9.35. The smallest absolute Gasteiger partial charge is 0.262 e. The maximum Gasteiger partial charge on any atom is 0.262 e. The molecule has 3 aromatic rings. The normalized spacial score (nSPS) is 11.3. The van der Waals surface area contributed by atoms with Crippen LogP contribution in [0.3, 0.4) is 0 Å². The van der Waals surface area contributed by atoms with Crippen LogP contribution in [-0.2, 0) is 13.0 Å². The van der Waals surface area contributed by atoms with Gasteiger partial charge in [0.05, 0.1) is 5.39 Å². The molecule has 0 aliphatic rings. The highest BCUT2D eigenvalue weighted by Crippen LogP contribution is 2.19. The van der Waals surface area contributed by atoms with Gasteiger partial charge in [-0.3, -0.25) is 14.9 Å². The van der Waals surface area contributed by atoms with Gasteiger partial charge in [0.2, 0.25) is 10.6 Å². The second-order valence-electron chi connectivity index (χ2n) is 6.53. The Kier molecular flexibility index (Phi) is 5.13. The summed E-state index contributed by atoms with van der Waals surface area (Å²) in [5, 5.41) is 12.5. The molecule has 0 radical (unpaired) electrons. The Bertz CT molecular complexity index is 1020. The molecule has 136 valence electrons. The molecule has 0 atom stereocenters. The molecule has 0 aliphatic heterocycles. The predicted molar refractivity (Wildman–Crippen MR) is 103 cm³/mol. The number of amides is 1. The summed E-state index contributed by atoms with van der Waals surface area (Å²) >= 11 is 1.33. The van der Waals surface area contributed by atoms with Gasteiger partial charge in [-0.25, -0.2) is 4.98 Å². The zero-order chi connectivity index (χ0) is 18.8. The molecular weight excluding hydrogens is 350 g/mol. The number of anilines is 1. The van der Waals surface area contributed by atoms with Gasteiger partial charge in [-0.2, -0.15) is 0 Å². The lowest BCUT2D eigenvalue weighted by molar-refractivity contribution is 0.102. The minimum Gasteiger partial charge on any atom is -0.332 e. The van der Waals surface area contributed by atoms with E-state index in [4.69, 9.17) is 0 Å². The number of nitrogens with zero attached hydrogens (tertiary/aromatic N) is 4. The molecule has 0 unspecified atom stereocenters. The highest BCUT2D eigenvalue weighted by Gasteiger charge is 2.18. The lowest BCUT2D eigenvalue weighted by atomic mass is 10.1. The van der Waals surface area contributed by atoms with Gasteiger partial charge in [0, 0.05) is 24.9 Å². The van der Waals surface area contributed by atoms with Crippen molar-refractivity contribution < 1.29 is 4.79 Å². The minimum absolute atomic E-state index is 0.0746. The first-order valence-electron chi connectivity index (χ1n) is 8.53. The standard InChI is InChI=1S/C18H21N5O2S/c1-5-23-9-13(15(24)12-7-6-11(4)19-16(12)23)17(25)20-18-22-21-14(26-18)8-10(2)3/h6-7,9-10H,5,8H2,1-4H3,(H,20,22,25). The Morgan fingerprint density at radius 3 is 2.77 bits per heavy atom. The maximum atomic E-state index is 12.7. The van der Waals surface area contributed by atoms with Crippen LogP contribution in [0.2, 0.25) is 0 Å². The van der Waals surface area contributed by atoms with Gasteiger partial charge in [-0.1, -0.05) is 25.2 Å². The van der Waals surface area contributed by atoms with Crippen molar-refractivity contribution in [2.75, 3.05) is 5.32 Å². The summed E-state index contributed by atoms with van der Waals surface area (Å²) in [5.41, 5.74) is 1.15. The van der Waals surface area contributed by atoms with E-state index in [-0.39, 0.29) is 11.0 Å². The summed E-state index contributed by atoms with van der Waals surface area (Å²) in [5.74, 6) is -0.0216. The van der Waals surface area contributed by atoms with Crippen LogP contribution in [0.15, 0.2) is 23.1 Å². The highest BCUT2D eigenvalue weighted by atomic mass is 32.1. The third-order valence-electron chi connectivity index (χ3n) is 3.92. The van der Waals surface area contributed by atoms with Crippen LogP contribution in [-0.4, -0.2) is 25.7 Å². The Morgan fingerprint density at radius 1 is 1.31 bits per heavy atom. The number of aryl methyl sites for hydroxylation is 2. The predicted octanol–water partition coefficient (Wildman–Crippen LogP) is 3.03. The van der Waals surface area contributed by atoms with Crippen LogP contribution >= 0.6 is 11.3 Å². The fourth-order valence-electron chi connectivity index (χ4n) is 2.66. The summed E-state index contributed by atoms with van der Waals surface area (Å²) in [4.78, 5) is 29.8. The van der Waals surface area contributed by atoms with Gasteiger partial charge in [-0.05, 0) is 31.9 Å². The monoisotopic (exact) mass is 371 g/mol. The van der Waals surface area contributed by atoms with E-state index in [1.54, 1.807) is 18.3 Å². The Morgan fingerprint density at radius 2 is 2.08 bits per heavy atom. The van der Waals surface area contributed by atoms with Crippen LogP contribution in [0.1, 0.15) is 41.8 Å². The van der Waals surface area contributed by atoms with E-state index in [1.165, 1.54) is 11.3 Å². The van der Waals surface area contributed by atoms with Crippen molar-refractivity contribution in [1.29, 1.82) is 0 Å². The van der Waals surface area contributed by atoms with E-state index in [0.29, 0.717) is 28.6 Å². The number of rotatable bonds is 5. The third kappa shape index (κ3) is 3.65. The quantitative estimate of drug-likeness (QED) is 0.744. The van der Waals surface area contributed by atoms with E-state index < -0.39 is 5.91 Å². The summed E-state index contributed by atoms with van der Waals surface area (Å²) in [6.45, 7) is 8.60. The molecule has 3 aromatic heterocycles. The summed E-state index contributed by atoms with van der Waals surface area (Å²) < 4.78 is 1.81. The fraction of sp³-hybridized carbons (Fsp3) is 0.389. The molecule has 8 heteroatoms. The SMILES string of the molecule is CCn1cc(C(=O)Nc2nnc(CC(C)C)s2)c(=O)c2ccc(C)nc21. The average Bonchev–Trinajstić information content (AvgIpc) is 3.01. The Balaban J connectivity index is 1.95. The van der Waals surface area contributed by atoms with Crippen molar-refractivity contribution in [3.63, 3.8) is 0 Å². The van der Waals surface area contributed by atoms with Crippen molar-refractivity contribution in [2.24, 2.45) is 5.92 Å². The van der Waals surface area contributed by atoms with Crippen LogP contribution in [0.25, 0.3) is 11.0 Å². The summed E-state index contributed by atoms with van der Waals surface area (Å²) in [6, 6.07) is 3.49. The number of pyridine rings is 2. The summed E-state index contributed by atoms with van der Waals surface area (Å²) in [6.07, 6.45) is 2.36. The molecule has 0 saturated heterocycles. The molecule has 0 spiro atoms. The van der Waals surface area contributed by atoms with Gasteiger partial charge in [0.15, 0.2) is 0 Å². The second-order valence-corrected chi connectivity index (χ2v) is 7.60. The van der Waals surface area contributed by atoms with Crippen molar-refractivity contribution in [3.8, 4) is 0 Å². The largest absolute Gasteiger partial charge is 0.332 e. The molecule has 0 aromatic carbocycles. The summed E-state index contributed by atoms with van der Waals surface area (Å²) in [7, 11) is 0. The molecule has 0 aliphatic carbocycles. The number of carbonyl (C=O) groups excluding carboxylic acids is 1. The lowest BCUT2D eigenvalue weighted by Crippen LogP contribution is -2.24. The Labute approximate surface area is 155 Å². The number of hydrogen-bond donors (Lipinski definition) is 1. The molecular formula is C18H21N5O2S. The molecule has 0 bridgehead atoms. The van der Waals surface area contributed by atoms with Crippen LogP contribution in [0.5, 0.6) is 0 Å². The van der Waals surface area contributed by atoms with Crippen LogP contribution < -0.4 is 10.7 Å². The molecule has 0 fully saturated rings. The molecule has 3 rings (SSSR count). The number of aromatic nitrogens is 4. The average molecular weight is 371 g/mol. The van der Waals surface area contributed by atoms with Gasteiger partial charge in [-0.15, -0.1) is 10.2 Å². The Hall–Kier alpha value is -2.61. The van der Waals surface area contributed by atoms with Gasteiger partial charge < -0.3 is 4.57 Å².